The molecule has 0 amide bonds. The number of hydrogen-bond donors (Lipinski definition) is 1. The lowest BCUT2D eigenvalue weighted by molar-refractivity contribution is 0.300. The van der Waals surface area contributed by atoms with E-state index in [1.54, 1.807) is 24.7 Å². The zero-order valence-corrected chi connectivity index (χ0v) is 17.2. The van der Waals surface area contributed by atoms with Gasteiger partial charge in [0.2, 0.25) is 0 Å². The lowest BCUT2D eigenvalue weighted by atomic mass is 10.2. The molecule has 6 nitrogen and oxygen atoms in total. The lowest BCUT2D eigenvalue weighted by Gasteiger charge is -2.19. The van der Waals surface area contributed by atoms with Crippen LogP contribution in [0.25, 0.3) is 16.6 Å². The minimum Gasteiger partial charge on any atom is -0.486 e. The maximum Gasteiger partial charge on any atom is 0.193 e. The molecule has 2 aromatic carbocycles. The zero-order chi connectivity index (χ0) is 21.8. The van der Waals surface area contributed by atoms with Gasteiger partial charge in [0.05, 0.1) is 22.8 Å². The van der Waals surface area contributed by atoms with Crippen LogP contribution in [0.3, 0.4) is 0 Å². The van der Waals surface area contributed by atoms with Crippen LogP contribution in [-0.4, -0.2) is 14.5 Å². The molecule has 0 unspecified atom stereocenters. The SMILES string of the molecule is O=c1cc(Nc2ccccc2)n(-c2ccccc2)c2cc(COc3cccnc3)ncc12. The number of nitrogens with zero attached hydrogens (tertiary/aromatic N) is 3. The minimum atomic E-state index is -0.0992. The number of para-hydroxylation sites is 2. The summed E-state index contributed by atoms with van der Waals surface area (Å²) in [5, 5.41) is 3.92. The standard InChI is InChI=1S/C26H20N4O2/c31-25-15-26(29-19-8-3-1-4-9-19)30(21-10-5-2-6-11-21)24-14-20(28-17-23(24)25)18-32-22-12-7-13-27-16-22/h1-17,29H,18H2. The first-order chi connectivity index (χ1) is 15.8. The van der Waals surface area contributed by atoms with Crippen LogP contribution in [-0.2, 0) is 6.61 Å². The van der Waals surface area contributed by atoms with Crippen molar-refractivity contribution >= 4 is 22.4 Å². The molecule has 32 heavy (non-hydrogen) atoms. The number of pyridine rings is 3. The highest BCUT2D eigenvalue weighted by Crippen LogP contribution is 2.25. The van der Waals surface area contributed by atoms with Gasteiger partial charge in [-0.1, -0.05) is 36.4 Å². The largest absolute Gasteiger partial charge is 0.486 e. The predicted molar refractivity (Wildman–Crippen MR) is 126 cm³/mol. The summed E-state index contributed by atoms with van der Waals surface area (Å²) in [7, 11) is 0. The smallest absolute Gasteiger partial charge is 0.193 e. The maximum atomic E-state index is 12.9. The Balaban J connectivity index is 1.63. The molecule has 3 heterocycles. The van der Waals surface area contributed by atoms with Crippen LogP contribution in [0, 0.1) is 0 Å². The minimum absolute atomic E-state index is 0.0992. The molecule has 156 valence electrons. The average molecular weight is 420 g/mol. The molecule has 0 saturated carbocycles. The Morgan fingerprint density at radius 3 is 2.41 bits per heavy atom. The van der Waals surface area contributed by atoms with Gasteiger partial charge in [-0.25, -0.2) is 0 Å². The number of benzene rings is 2. The number of hydrogen-bond acceptors (Lipinski definition) is 5. The molecule has 0 aliphatic rings. The Morgan fingerprint density at radius 2 is 1.66 bits per heavy atom. The Labute approximate surface area is 184 Å². The summed E-state index contributed by atoms with van der Waals surface area (Å²) in [4.78, 5) is 21.4. The third-order valence-electron chi connectivity index (χ3n) is 5.04. The van der Waals surface area contributed by atoms with Crippen molar-refractivity contribution < 1.29 is 4.74 Å². The van der Waals surface area contributed by atoms with Gasteiger partial charge in [-0.15, -0.1) is 0 Å². The number of rotatable bonds is 6. The fourth-order valence-electron chi connectivity index (χ4n) is 3.54. The van der Waals surface area contributed by atoms with Gasteiger partial charge in [0.1, 0.15) is 18.2 Å². The molecule has 1 N–H and O–H groups in total. The summed E-state index contributed by atoms with van der Waals surface area (Å²) in [6.07, 6.45) is 4.97. The van der Waals surface area contributed by atoms with Crippen LogP contribution in [0.5, 0.6) is 5.75 Å². The second-order valence-electron chi connectivity index (χ2n) is 7.23. The van der Waals surface area contributed by atoms with Crippen LogP contribution < -0.4 is 15.5 Å². The van der Waals surface area contributed by atoms with Crippen LogP contribution >= 0.6 is 0 Å². The first kappa shape index (κ1) is 19.5. The highest BCUT2D eigenvalue weighted by Gasteiger charge is 2.13. The van der Waals surface area contributed by atoms with Crippen LogP contribution in [0.1, 0.15) is 5.69 Å². The van der Waals surface area contributed by atoms with E-state index in [1.165, 1.54) is 0 Å². The van der Waals surface area contributed by atoms with Crippen molar-refractivity contribution in [3.8, 4) is 11.4 Å². The third kappa shape index (κ3) is 4.06. The average Bonchev–Trinajstić information content (AvgIpc) is 2.85. The van der Waals surface area contributed by atoms with Crippen molar-refractivity contribution in [1.82, 2.24) is 14.5 Å². The van der Waals surface area contributed by atoms with E-state index < -0.39 is 0 Å². The number of anilines is 2. The van der Waals surface area contributed by atoms with Gasteiger partial charge in [-0.3, -0.25) is 19.3 Å². The monoisotopic (exact) mass is 420 g/mol. The normalized spacial score (nSPS) is 10.8. The van der Waals surface area contributed by atoms with Gasteiger partial charge >= 0.3 is 0 Å². The van der Waals surface area contributed by atoms with Gasteiger partial charge in [0, 0.05) is 29.8 Å². The summed E-state index contributed by atoms with van der Waals surface area (Å²) in [6, 6.07) is 26.9. The van der Waals surface area contributed by atoms with Gasteiger partial charge < -0.3 is 10.1 Å². The topological polar surface area (TPSA) is 69.0 Å². The van der Waals surface area contributed by atoms with Crippen LogP contribution in [0.15, 0.2) is 108 Å². The molecule has 0 saturated heterocycles. The highest BCUT2D eigenvalue weighted by molar-refractivity contribution is 5.83. The molecule has 0 aliphatic carbocycles. The van der Waals surface area contributed by atoms with E-state index in [-0.39, 0.29) is 12.0 Å². The first-order valence-electron chi connectivity index (χ1n) is 10.2. The zero-order valence-electron chi connectivity index (χ0n) is 17.2. The molecule has 5 aromatic rings. The molecule has 3 aromatic heterocycles. The number of ether oxygens (including phenoxy) is 1. The summed E-state index contributed by atoms with van der Waals surface area (Å²) >= 11 is 0. The molecule has 0 fully saturated rings. The molecule has 6 heteroatoms. The van der Waals surface area contributed by atoms with Gasteiger partial charge in [0.25, 0.3) is 0 Å². The van der Waals surface area contributed by atoms with E-state index in [2.05, 4.69) is 15.3 Å². The molecule has 0 spiro atoms. The first-order valence-corrected chi connectivity index (χ1v) is 10.2. The summed E-state index contributed by atoms with van der Waals surface area (Å²) < 4.78 is 7.84. The Hall–Kier alpha value is -4.45. The number of aromatic nitrogens is 3. The van der Waals surface area contributed by atoms with Crippen molar-refractivity contribution in [3.05, 3.63) is 119 Å². The second-order valence-corrected chi connectivity index (χ2v) is 7.23. The molecule has 0 bridgehead atoms. The summed E-state index contributed by atoms with van der Waals surface area (Å²) in [6.45, 7) is 0.265. The van der Waals surface area contributed by atoms with E-state index in [9.17, 15) is 4.79 Å². The van der Waals surface area contributed by atoms with E-state index in [4.69, 9.17) is 4.74 Å². The number of fused-ring (bicyclic) bond motifs is 1. The van der Waals surface area contributed by atoms with Gasteiger partial charge in [-0.05, 0) is 42.5 Å². The summed E-state index contributed by atoms with van der Waals surface area (Å²) in [5.74, 6) is 1.33. The Bertz CT molecular complexity index is 1400. The van der Waals surface area contributed by atoms with Crippen molar-refractivity contribution in [2.24, 2.45) is 0 Å². The van der Waals surface area contributed by atoms with Gasteiger partial charge in [-0.2, -0.15) is 0 Å². The van der Waals surface area contributed by atoms with E-state index >= 15 is 0 Å². The molecule has 5 rings (SSSR count). The predicted octanol–water partition coefficient (Wildman–Crippen LogP) is 5.10. The maximum absolute atomic E-state index is 12.9. The molecule has 0 aliphatic heterocycles. The van der Waals surface area contributed by atoms with E-state index in [1.807, 2.05) is 83.4 Å². The van der Waals surface area contributed by atoms with Gasteiger partial charge in [0.15, 0.2) is 5.43 Å². The lowest BCUT2D eigenvalue weighted by Crippen LogP contribution is -2.13. The molecular weight excluding hydrogens is 400 g/mol. The third-order valence-corrected chi connectivity index (χ3v) is 5.04. The van der Waals surface area contributed by atoms with Crippen molar-refractivity contribution in [2.45, 2.75) is 6.61 Å². The van der Waals surface area contributed by atoms with Crippen molar-refractivity contribution in [1.29, 1.82) is 0 Å². The highest BCUT2D eigenvalue weighted by atomic mass is 16.5. The summed E-state index contributed by atoms with van der Waals surface area (Å²) in [5.41, 5.74) is 3.19. The van der Waals surface area contributed by atoms with Crippen LogP contribution in [0.2, 0.25) is 0 Å². The Kier molecular flexibility index (Phi) is 5.32. The molecule has 0 atom stereocenters. The quantitative estimate of drug-likeness (QED) is 0.414. The van der Waals surface area contributed by atoms with Crippen molar-refractivity contribution in [2.75, 3.05) is 5.32 Å². The fourth-order valence-corrected chi connectivity index (χ4v) is 3.54. The fraction of sp³-hybridized carbons (Fsp3) is 0.0385. The van der Waals surface area contributed by atoms with Crippen molar-refractivity contribution in [3.63, 3.8) is 0 Å². The van der Waals surface area contributed by atoms with Crippen LogP contribution in [0.4, 0.5) is 11.5 Å². The number of nitrogens with one attached hydrogen (secondary N) is 1. The second kappa shape index (κ2) is 8.73. The molecular formula is C26H20N4O2. The van der Waals surface area contributed by atoms with E-state index in [0.717, 1.165) is 16.9 Å². The molecule has 0 radical (unpaired) electrons. The van der Waals surface area contributed by atoms with E-state index in [0.29, 0.717) is 22.6 Å². The Morgan fingerprint density at radius 1 is 0.875 bits per heavy atom.